The summed E-state index contributed by atoms with van der Waals surface area (Å²) in [6.45, 7) is 6.93. The Bertz CT molecular complexity index is 662. The summed E-state index contributed by atoms with van der Waals surface area (Å²) >= 11 is 0. The van der Waals surface area contributed by atoms with E-state index < -0.39 is 0 Å². The van der Waals surface area contributed by atoms with Crippen molar-refractivity contribution in [2.45, 2.75) is 51.7 Å². The minimum Gasteiger partial charge on any atom is -0.491 e. The van der Waals surface area contributed by atoms with Gasteiger partial charge in [-0.2, -0.15) is 0 Å². The molecule has 1 aliphatic heterocycles. The predicted octanol–water partition coefficient (Wildman–Crippen LogP) is 4.84. The lowest BCUT2D eigenvalue weighted by atomic mass is 10.0. The van der Waals surface area contributed by atoms with Crippen LogP contribution in [0.3, 0.4) is 0 Å². The smallest absolute Gasteiger partial charge is 0.119 e. The van der Waals surface area contributed by atoms with Gasteiger partial charge in [0.05, 0.1) is 6.10 Å². The summed E-state index contributed by atoms with van der Waals surface area (Å²) in [4.78, 5) is 0. The van der Waals surface area contributed by atoms with E-state index in [0.717, 1.165) is 44.6 Å². The average Bonchev–Trinajstić information content (AvgIpc) is 3.19. The maximum atomic E-state index is 5.87. The summed E-state index contributed by atoms with van der Waals surface area (Å²) in [6, 6.07) is 17.5. The Balaban J connectivity index is 1.48. The molecule has 0 aliphatic carbocycles. The summed E-state index contributed by atoms with van der Waals surface area (Å²) in [5, 5.41) is 3.70. The molecule has 0 saturated carbocycles. The molecule has 3 nitrogen and oxygen atoms in total. The van der Waals surface area contributed by atoms with Crippen molar-refractivity contribution in [3.8, 4) is 5.75 Å². The van der Waals surface area contributed by atoms with E-state index in [-0.39, 0.29) is 6.10 Å². The molecule has 1 heterocycles. The molecule has 2 atom stereocenters. The fraction of sp³-hybridized carbons (Fsp3) is 0.478. The summed E-state index contributed by atoms with van der Waals surface area (Å²) in [5.41, 5.74) is 4.12. The van der Waals surface area contributed by atoms with Gasteiger partial charge in [-0.1, -0.05) is 43.3 Å². The van der Waals surface area contributed by atoms with Crippen molar-refractivity contribution in [2.75, 3.05) is 19.8 Å². The molecule has 3 heteroatoms. The molecular weight excluding hydrogens is 322 g/mol. The van der Waals surface area contributed by atoms with E-state index in [9.17, 15) is 0 Å². The second-order valence-corrected chi connectivity index (χ2v) is 7.11. The number of nitrogens with one attached hydrogen (secondary N) is 1. The first-order valence-corrected chi connectivity index (χ1v) is 9.88. The number of hydrogen-bond donors (Lipinski definition) is 1. The monoisotopic (exact) mass is 353 g/mol. The third-order valence-electron chi connectivity index (χ3n) is 5.20. The van der Waals surface area contributed by atoms with Gasteiger partial charge >= 0.3 is 0 Å². The molecule has 2 aromatic carbocycles. The molecule has 140 valence electrons. The molecule has 3 rings (SSSR count). The van der Waals surface area contributed by atoms with E-state index in [1.54, 1.807) is 0 Å². The van der Waals surface area contributed by atoms with Gasteiger partial charge in [0.25, 0.3) is 0 Å². The van der Waals surface area contributed by atoms with E-state index in [1.807, 2.05) is 0 Å². The zero-order valence-electron chi connectivity index (χ0n) is 16.0. The molecule has 0 radical (unpaired) electrons. The Morgan fingerprint density at radius 3 is 2.65 bits per heavy atom. The normalized spacial score (nSPS) is 18.0. The minimum atomic E-state index is 0.265. The Morgan fingerprint density at radius 1 is 1.15 bits per heavy atom. The first-order valence-electron chi connectivity index (χ1n) is 9.88. The molecule has 1 fully saturated rings. The second kappa shape index (κ2) is 9.75. The van der Waals surface area contributed by atoms with Gasteiger partial charge in [0, 0.05) is 12.6 Å². The van der Waals surface area contributed by atoms with Crippen LogP contribution in [0.5, 0.6) is 5.75 Å². The highest BCUT2D eigenvalue weighted by atomic mass is 16.5. The first-order chi connectivity index (χ1) is 12.8. The summed E-state index contributed by atoms with van der Waals surface area (Å²) in [6.07, 6.45) is 4.66. The van der Waals surface area contributed by atoms with Crippen molar-refractivity contribution in [1.29, 1.82) is 0 Å². The molecule has 0 spiro atoms. The second-order valence-electron chi connectivity index (χ2n) is 7.11. The zero-order valence-corrected chi connectivity index (χ0v) is 16.0. The zero-order chi connectivity index (χ0) is 18.2. The largest absolute Gasteiger partial charge is 0.491 e. The molecule has 1 aliphatic rings. The highest BCUT2D eigenvalue weighted by molar-refractivity contribution is 5.29. The van der Waals surface area contributed by atoms with Crippen molar-refractivity contribution in [1.82, 2.24) is 5.32 Å². The molecule has 1 saturated heterocycles. The third kappa shape index (κ3) is 5.33. The summed E-state index contributed by atoms with van der Waals surface area (Å²) in [7, 11) is 0. The average molecular weight is 354 g/mol. The van der Waals surface area contributed by atoms with Crippen LogP contribution in [0.15, 0.2) is 48.5 Å². The molecule has 2 aromatic rings. The number of hydrogen-bond acceptors (Lipinski definition) is 3. The third-order valence-corrected chi connectivity index (χ3v) is 5.20. The summed E-state index contributed by atoms with van der Waals surface area (Å²) in [5.74, 6) is 0.930. The Morgan fingerprint density at radius 2 is 1.96 bits per heavy atom. The number of rotatable bonds is 9. The van der Waals surface area contributed by atoms with E-state index in [4.69, 9.17) is 9.47 Å². The van der Waals surface area contributed by atoms with E-state index in [0.29, 0.717) is 12.6 Å². The van der Waals surface area contributed by atoms with Crippen LogP contribution in [0.1, 0.15) is 48.9 Å². The highest BCUT2D eigenvalue weighted by Gasteiger charge is 2.16. The van der Waals surface area contributed by atoms with Gasteiger partial charge in [0.2, 0.25) is 0 Å². The number of ether oxygens (including phenoxy) is 2. The lowest BCUT2D eigenvalue weighted by molar-refractivity contribution is 0.0679. The van der Waals surface area contributed by atoms with E-state index in [1.165, 1.54) is 16.7 Å². The van der Waals surface area contributed by atoms with Gasteiger partial charge in [0.1, 0.15) is 12.4 Å². The van der Waals surface area contributed by atoms with Crippen LogP contribution in [0.25, 0.3) is 0 Å². The quantitative estimate of drug-likeness (QED) is 0.700. The van der Waals surface area contributed by atoms with Crippen molar-refractivity contribution in [3.05, 3.63) is 65.2 Å². The molecule has 0 aromatic heterocycles. The van der Waals surface area contributed by atoms with E-state index >= 15 is 0 Å². The van der Waals surface area contributed by atoms with Gasteiger partial charge in [0.15, 0.2) is 0 Å². The molecule has 1 N–H and O–H groups in total. The molecule has 26 heavy (non-hydrogen) atoms. The minimum absolute atomic E-state index is 0.265. The number of benzene rings is 2. The van der Waals surface area contributed by atoms with Crippen LogP contribution in [-0.4, -0.2) is 25.9 Å². The SMILES string of the molecule is CCC(NCCc1ccccc1C)c1ccc(OCC2CCCO2)cc1. The van der Waals surface area contributed by atoms with Gasteiger partial charge < -0.3 is 14.8 Å². The Hall–Kier alpha value is -1.84. The van der Waals surface area contributed by atoms with Crippen LogP contribution in [0.2, 0.25) is 0 Å². The van der Waals surface area contributed by atoms with Crippen molar-refractivity contribution < 1.29 is 9.47 Å². The van der Waals surface area contributed by atoms with Crippen LogP contribution in [0, 0.1) is 6.92 Å². The van der Waals surface area contributed by atoms with Crippen LogP contribution in [0.4, 0.5) is 0 Å². The van der Waals surface area contributed by atoms with Crippen molar-refractivity contribution >= 4 is 0 Å². The maximum Gasteiger partial charge on any atom is 0.119 e. The maximum absolute atomic E-state index is 5.87. The first kappa shape index (κ1) is 18.9. The van der Waals surface area contributed by atoms with E-state index in [2.05, 4.69) is 67.7 Å². The van der Waals surface area contributed by atoms with Crippen LogP contribution < -0.4 is 10.1 Å². The molecular formula is C23H31NO2. The fourth-order valence-corrected chi connectivity index (χ4v) is 3.53. The van der Waals surface area contributed by atoms with Gasteiger partial charge in [-0.3, -0.25) is 0 Å². The van der Waals surface area contributed by atoms with Gasteiger partial charge in [-0.05, 0) is 68.0 Å². The fourth-order valence-electron chi connectivity index (χ4n) is 3.53. The molecule has 2 unspecified atom stereocenters. The lowest BCUT2D eigenvalue weighted by Gasteiger charge is -2.19. The topological polar surface area (TPSA) is 30.5 Å². The van der Waals surface area contributed by atoms with Crippen LogP contribution in [-0.2, 0) is 11.2 Å². The van der Waals surface area contributed by atoms with Gasteiger partial charge in [-0.15, -0.1) is 0 Å². The molecule has 0 bridgehead atoms. The van der Waals surface area contributed by atoms with Crippen molar-refractivity contribution in [3.63, 3.8) is 0 Å². The molecule has 0 amide bonds. The van der Waals surface area contributed by atoms with Gasteiger partial charge in [-0.25, -0.2) is 0 Å². The Kier molecular flexibility index (Phi) is 7.10. The summed E-state index contributed by atoms with van der Waals surface area (Å²) < 4.78 is 11.5. The predicted molar refractivity (Wildman–Crippen MR) is 107 cm³/mol. The highest BCUT2D eigenvalue weighted by Crippen LogP contribution is 2.21. The lowest BCUT2D eigenvalue weighted by Crippen LogP contribution is -2.23. The Labute approximate surface area is 157 Å². The van der Waals surface area contributed by atoms with Crippen molar-refractivity contribution in [2.24, 2.45) is 0 Å². The standard InChI is InChI=1S/C23H31NO2/c1-3-23(24-15-14-19-8-5-4-7-18(19)2)20-10-12-21(13-11-20)26-17-22-9-6-16-25-22/h4-5,7-8,10-13,22-24H,3,6,9,14-17H2,1-2H3. The number of aryl methyl sites for hydroxylation is 1. The van der Waals surface area contributed by atoms with Crippen LogP contribution >= 0.6 is 0 Å².